The SMILES string of the molecule is C[C@H](O)[C@H]1O[C@@H](S)[C@H]2OC(C)(C)OC12. The molecule has 2 rings (SSSR count). The number of fused-ring (bicyclic) bond motifs is 1. The maximum Gasteiger partial charge on any atom is 0.164 e. The second-order valence-electron chi connectivity index (χ2n) is 4.30. The van der Waals surface area contributed by atoms with Crippen molar-refractivity contribution in [3.8, 4) is 0 Å². The quantitative estimate of drug-likeness (QED) is 0.633. The molecule has 0 aliphatic carbocycles. The van der Waals surface area contributed by atoms with Crippen LogP contribution < -0.4 is 0 Å². The molecule has 82 valence electrons. The molecule has 2 heterocycles. The number of hydrogen-bond acceptors (Lipinski definition) is 5. The van der Waals surface area contributed by atoms with Gasteiger partial charge in [-0.05, 0) is 20.8 Å². The molecule has 1 N–H and O–H groups in total. The molecule has 0 aromatic heterocycles. The predicted molar refractivity (Wildman–Crippen MR) is 53.2 cm³/mol. The molecule has 0 spiro atoms. The summed E-state index contributed by atoms with van der Waals surface area (Å²) in [7, 11) is 0. The Bertz CT molecular complexity index is 229. The number of aliphatic hydroxyl groups excluding tert-OH is 1. The zero-order valence-corrected chi connectivity index (χ0v) is 9.40. The highest BCUT2D eigenvalue weighted by Crippen LogP contribution is 2.40. The molecule has 5 atom stereocenters. The summed E-state index contributed by atoms with van der Waals surface area (Å²) in [6.07, 6.45) is -1.32. The Morgan fingerprint density at radius 1 is 1.29 bits per heavy atom. The fourth-order valence-corrected chi connectivity index (χ4v) is 2.37. The van der Waals surface area contributed by atoms with Crippen molar-refractivity contribution in [1.82, 2.24) is 0 Å². The van der Waals surface area contributed by atoms with Crippen molar-refractivity contribution < 1.29 is 19.3 Å². The first-order chi connectivity index (χ1) is 6.41. The first kappa shape index (κ1) is 10.7. The molecule has 1 unspecified atom stereocenters. The standard InChI is InChI=1S/C9H16O4S/c1-4(10)5-6-7(8(14)11-5)13-9(2,3)12-6/h4-8,10,14H,1-3H3/t4-,5+,6?,7-,8-/m0/s1. The van der Waals surface area contributed by atoms with Crippen LogP contribution in [0.25, 0.3) is 0 Å². The van der Waals surface area contributed by atoms with E-state index < -0.39 is 11.9 Å². The number of rotatable bonds is 1. The minimum atomic E-state index is -0.604. The van der Waals surface area contributed by atoms with Crippen LogP contribution in [0.15, 0.2) is 0 Å². The molecule has 0 bridgehead atoms. The van der Waals surface area contributed by atoms with E-state index in [1.165, 1.54) is 0 Å². The number of ether oxygens (including phenoxy) is 3. The van der Waals surface area contributed by atoms with Gasteiger partial charge in [0.2, 0.25) is 0 Å². The largest absolute Gasteiger partial charge is 0.391 e. The molecule has 0 amide bonds. The molecule has 0 radical (unpaired) electrons. The molecular weight excluding hydrogens is 204 g/mol. The highest BCUT2D eigenvalue weighted by Gasteiger charge is 2.55. The Balaban J connectivity index is 2.15. The highest BCUT2D eigenvalue weighted by molar-refractivity contribution is 7.80. The van der Waals surface area contributed by atoms with E-state index in [9.17, 15) is 5.11 Å². The Morgan fingerprint density at radius 3 is 2.43 bits per heavy atom. The monoisotopic (exact) mass is 220 g/mol. The van der Waals surface area contributed by atoms with Crippen LogP contribution in [0.3, 0.4) is 0 Å². The van der Waals surface area contributed by atoms with Crippen molar-refractivity contribution >= 4 is 12.6 Å². The van der Waals surface area contributed by atoms with Gasteiger partial charge in [0.05, 0.1) is 6.10 Å². The first-order valence-corrected chi connectivity index (χ1v) is 5.29. The molecule has 2 aliphatic rings. The Morgan fingerprint density at radius 2 is 1.86 bits per heavy atom. The van der Waals surface area contributed by atoms with Crippen LogP contribution in [-0.4, -0.2) is 40.7 Å². The van der Waals surface area contributed by atoms with E-state index in [1.54, 1.807) is 6.92 Å². The minimum absolute atomic E-state index is 0.187. The lowest BCUT2D eigenvalue weighted by Crippen LogP contribution is -2.36. The summed E-state index contributed by atoms with van der Waals surface area (Å²) in [5.41, 5.74) is -0.318. The Kier molecular flexibility index (Phi) is 2.56. The van der Waals surface area contributed by atoms with E-state index >= 15 is 0 Å². The predicted octanol–water partition coefficient (Wildman–Crippen LogP) is 0.542. The van der Waals surface area contributed by atoms with Gasteiger partial charge in [-0.15, -0.1) is 12.6 Å². The van der Waals surface area contributed by atoms with Crippen molar-refractivity contribution in [3.63, 3.8) is 0 Å². The average molecular weight is 220 g/mol. The number of aliphatic hydroxyl groups is 1. The van der Waals surface area contributed by atoms with Crippen molar-refractivity contribution in [2.24, 2.45) is 0 Å². The van der Waals surface area contributed by atoms with Crippen LogP contribution in [0.4, 0.5) is 0 Å². The van der Waals surface area contributed by atoms with Gasteiger partial charge in [0, 0.05) is 0 Å². The summed E-state index contributed by atoms with van der Waals surface area (Å²) in [4.78, 5) is 0. The molecule has 2 fully saturated rings. The summed E-state index contributed by atoms with van der Waals surface area (Å²) in [5, 5.41) is 9.49. The van der Waals surface area contributed by atoms with Crippen LogP contribution in [0.2, 0.25) is 0 Å². The average Bonchev–Trinajstić information content (AvgIpc) is 2.47. The minimum Gasteiger partial charge on any atom is -0.391 e. The molecule has 4 nitrogen and oxygen atoms in total. The van der Waals surface area contributed by atoms with Gasteiger partial charge >= 0.3 is 0 Å². The second kappa shape index (κ2) is 3.35. The second-order valence-corrected chi connectivity index (χ2v) is 4.81. The van der Waals surface area contributed by atoms with E-state index in [1.807, 2.05) is 13.8 Å². The zero-order valence-electron chi connectivity index (χ0n) is 8.51. The maximum absolute atomic E-state index is 9.49. The highest BCUT2D eigenvalue weighted by atomic mass is 32.1. The third-order valence-corrected chi connectivity index (χ3v) is 2.96. The molecule has 0 aromatic rings. The van der Waals surface area contributed by atoms with Gasteiger partial charge in [-0.3, -0.25) is 0 Å². The van der Waals surface area contributed by atoms with E-state index in [-0.39, 0.29) is 23.7 Å². The number of thiol groups is 1. The third kappa shape index (κ3) is 1.67. The van der Waals surface area contributed by atoms with Crippen LogP contribution in [-0.2, 0) is 14.2 Å². The van der Waals surface area contributed by atoms with Crippen LogP contribution in [0, 0.1) is 0 Å². The lowest BCUT2D eigenvalue weighted by atomic mass is 10.1. The smallest absolute Gasteiger partial charge is 0.164 e. The van der Waals surface area contributed by atoms with Crippen LogP contribution >= 0.6 is 12.6 Å². The summed E-state index contributed by atoms with van der Waals surface area (Å²) in [6.45, 7) is 5.39. The van der Waals surface area contributed by atoms with Gasteiger partial charge in [0.1, 0.15) is 23.7 Å². The van der Waals surface area contributed by atoms with Gasteiger partial charge in [-0.1, -0.05) is 0 Å². The van der Waals surface area contributed by atoms with E-state index in [0.29, 0.717) is 0 Å². The van der Waals surface area contributed by atoms with Gasteiger partial charge in [-0.2, -0.15) is 0 Å². The molecule has 2 aliphatic heterocycles. The van der Waals surface area contributed by atoms with E-state index in [4.69, 9.17) is 14.2 Å². The van der Waals surface area contributed by atoms with Crippen molar-refractivity contribution in [1.29, 1.82) is 0 Å². The van der Waals surface area contributed by atoms with Crippen LogP contribution in [0.1, 0.15) is 20.8 Å². The summed E-state index contributed by atoms with van der Waals surface area (Å²) < 4.78 is 16.7. The van der Waals surface area contributed by atoms with Crippen molar-refractivity contribution in [3.05, 3.63) is 0 Å². The maximum atomic E-state index is 9.49. The van der Waals surface area contributed by atoms with Crippen molar-refractivity contribution in [2.45, 2.75) is 56.4 Å². The zero-order chi connectivity index (χ0) is 10.5. The van der Waals surface area contributed by atoms with Gasteiger partial charge in [0.25, 0.3) is 0 Å². The van der Waals surface area contributed by atoms with E-state index in [0.717, 1.165) is 0 Å². The fraction of sp³-hybridized carbons (Fsp3) is 1.00. The van der Waals surface area contributed by atoms with Crippen LogP contribution in [0.5, 0.6) is 0 Å². The molecule has 14 heavy (non-hydrogen) atoms. The van der Waals surface area contributed by atoms with Gasteiger partial charge < -0.3 is 19.3 Å². The normalized spacial score (nSPS) is 47.8. The van der Waals surface area contributed by atoms with Gasteiger partial charge in [-0.25, -0.2) is 0 Å². The van der Waals surface area contributed by atoms with Crippen molar-refractivity contribution in [2.75, 3.05) is 0 Å². The first-order valence-electron chi connectivity index (χ1n) is 4.78. The molecule has 2 saturated heterocycles. The molecule has 0 saturated carbocycles. The summed E-state index contributed by atoms with van der Waals surface area (Å²) in [6, 6.07) is 0. The topological polar surface area (TPSA) is 47.9 Å². The lowest BCUT2D eigenvalue weighted by molar-refractivity contribution is -0.186. The van der Waals surface area contributed by atoms with Gasteiger partial charge in [0.15, 0.2) is 5.79 Å². The molecule has 0 aromatic carbocycles. The fourth-order valence-electron chi connectivity index (χ4n) is 2.00. The summed E-state index contributed by atoms with van der Waals surface area (Å²) >= 11 is 4.26. The molecule has 5 heteroatoms. The lowest BCUT2D eigenvalue weighted by Gasteiger charge is -2.23. The van der Waals surface area contributed by atoms with E-state index in [2.05, 4.69) is 12.6 Å². The Labute approximate surface area is 88.9 Å². The summed E-state index contributed by atoms with van der Waals surface area (Å²) in [5.74, 6) is -0.604. The number of hydrogen-bond donors (Lipinski definition) is 2. The third-order valence-electron chi connectivity index (χ3n) is 2.54. The molecular formula is C9H16O4S. The Hall–Kier alpha value is 0.190.